The van der Waals surface area contributed by atoms with Crippen molar-refractivity contribution >= 4 is 43.9 Å². The van der Waals surface area contributed by atoms with E-state index in [4.69, 9.17) is 21.7 Å². The summed E-state index contributed by atoms with van der Waals surface area (Å²) in [4.78, 5) is 8.80. The van der Waals surface area contributed by atoms with Gasteiger partial charge in [-0.2, -0.15) is 4.98 Å². The fraction of sp³-hybridized carbons (Fsp3) is 0.519. The summed E-state index contributed by atoms with van der Waals surface area (Å²) < 4.78 is 31.4. The normalized spacial score (nSPS) is 18.3. The number of anilines is 3. The molecule has 1 saturated heterocycles. The largest absolute Gasteiger partial charge is 0.489 e. The van der Waals surface area contributed by atoms with Gasteiger partial charge in [-0.05, 0) is 90.1 Å². The zero-order valence-electron chi connectivity index (χ0n) is 23.6. The first-order valence-electron chi connectivity index (χ1n) is 13.1. The Morgan fingerprint density at radius 1 is 1.28 bits per heavy atom. The summed E-state index contributed by atoms with van der Waals surface area (Å²) in [6.45, 7) is 12.3. The Hall–Kier alpha value is -2.89. The lowest BCUT2D eigenvalue weighted by Crippen LogP contribution is -2.35. The van der Waals surface area contributed by atoms with Gasteiger partial charge in [-0.1, -0.05) is 11.6 Å². The molecule has 2 unspecified atom stereocenters. The van der Waals surface area contributed by atoms with Crippen molar-refractivity contribution < 1.29 is 13.2 Å². The fourth-order valence-electron chi connectivity index (χ4n) is 4.46. The van der Waals surface area contributed by atoms with Crippen LogP contribution in [-0.4, -0.2) is 54.4 Å². The van der Waals surface area contributed by atoms with E-state index >= 15 is 0 Å². The van der Waals surface area contributed by atoms with Crippen LogP contribution >= 0.6 is 11.6 Å². The van der Waals surface area contributed by atoms with E-state index in [2.05, 4.69) is 51.1 Å². The predicted molar refractivity (Wildman–Crippen MR) is 159 cm³/mol. The van der Waals surface area contributed by atoms with Crippen molar-refractivity contribution in [2.24, 2.45) is 0 Å². The number of benzene rings is 1. The van der Waals surface area contributed by atoms with E-state index in [-0.39, 0.29) is 28.6 Å². The number of hydrogen-bond donors (Lipinski definition) is 5. The molecule has 0 saturated carbocycles. The van der Waals surface area contributed by atoms with Gasteiger partial charge >= 0.3 is 0 Å². The van der Waals surface area contributed by atoms with Crippen LogP contribution in [0.15, 0.2) is 30.2 Å². The van der Waals surface area contributed by atoms with Crippen molar-refractivity contribution in [3.8, 4) is 5.75 Å². The monoisotopic (exact) mass is 577 g/mol. The standard InChI is InChI=1S/C27H40ClN7O3S/c1-15(2)38-24-12-20(19-8-9-31-18(6)11-19)17(5)10-22(24)34-27-32-13-21(28)26(35-27)33-23(14-30-7)25(29)39(36,37)16(3)4/h10,12-16,18-19,29-31H,8-9,11H2,1-7H3,(H2,32,33,34,35)/b23-14+,29-25?. The van der Waals surface area contributed by atoms with Gasteiger partial charge in [0.1, 0.15) is 10.8 Å². The number of piperidine rings is 1. The maximum absolute atomic E-state index is 12.6. The van der Waals surface area contributed by atoms with E-state index < -0.39 is 20.1 Å². The fourth-order valence-corrected chi connectivity index (χ4v) is 5.49. The van der Waals surface area contributed by atoms with Crippen LogP contribution in [0.2, 0.25) is 5.02 Å². The molecule has 12 heteroatoms. The minimum Gasteiger partial charge on any atom is -0.489 e. The summed E-state index contributed by atoms with van der Waals surface area (Å²) in [6, 6.07) is 4.62. The van der Waals surface area contributed by atoms with Crippen molar-refractivity contribution in [3.05, 3.63) is 46.4 Å². The molecule has 0 spiro atoms. The van der Waals surface area contributed by atoms with Crippen LogP contribution in [0.1, 0.15) is 64.5 Å². The Bertz CT molecular complexity index is 1330. The highest BCUT2D eigenvalue weighted by atomic mass is 35.5. The summed E-state index contributed by atoms with van der Waals surface area (Å²) in [7, 11) is -2.23. The van der Waals surface area contributed by atoms with Crippen LogP contribution in [0, 0.1) is 12.3 Å². The molecule has 2 aromatic rings. The van der Waals surface area contributed by atoms with E-state index in [1.165, 1.54) is 31.8 Å². The molecule has 3 rings (SSSR count). The molecule has 1 aromatic heterocycles. The van der Waals surface area contributed by atoms with E-state index in [0.717, 1.165) is 24.9 Å². The molecule has 2 heterocycles. The van der Waals surface area contributed by atoms with Crippen LogP contribution in [0.5, 0.6) is 5.75 Å². The van der Waals surface area contributed by atoms with Crippen LogP contribution in [0.4, 0.5) is 17.5 Å². The molecule has 39 heavy (non-hydrogen) atoms. The molecule has 1 aliphatic heterocycles. The van der Waals surface area contributed by atoms with Gasteiger partial charge < -0.3 is 26.0 Å². The van der Waals surface area contributed by atoms with Gasteiger partial charge in [-0.3, -0.25) is 5.41 Å². The molecular weight excluding hydrogens is 538 g/mol. The van der Waals surface area contributed by atoms with Gasteiger partial charge in [0.05, 0.1) is 28.9 Å². The van der Waals surface area contributed by atoms with Gasteiger partial charge in [-0.15, -0.1) is 0 Å². The first-order valence-corrected chi connectivity index (χ1v) is 15.1. The number of hydrogen-bond acceptors (Lipinski definition) is 10. The number of aryl methyl sites for hydroxylation is 1. The molecule has 10 nitrogen and oxygen atoms in total. The van der Waals surface area contributed by atoms with Crippen LogP contribution in [-0.2, 0) is 9.84 Å². The lowest BCUT2D eigenvalue weighted by atomic mass is 9.84. The van der Waals surface area contributed by atoms with E-state index in [0.29, 0.717) is 23.4 Å². The maximum atomic E-state index is 12.6. The summed E-state index contributed by atoms with van der Waals surface area (Å²) in [5.74, 6) is 1.54. The highest BCUT2D eigenvalue weighted by molar-refractivity contribution is 8.07. The zero-order valence-corrected chi connectivity index (χ0v) is 25.2. The molecule has 1 fully saturated rings. The molecule has 2 atom stereocenters. The Kier molecular flexibility index (Phi) is 10.2. The molecular formula is C27H40ClN7O3S. The average Bonchev–Trinajstić information content (AvgIpc) is 2.86. The second-order valence-electron chi connectivity index (χ2n) is 10.4. The Labute approximate surface area is 236 Å². The molecule has 1 aromatic carbocycles. The number of ether oxygens (including phenoxy) is 1. The van der Waals surface area contributed by atoms with Crippen molar-refractivity contribution in [1.29, 1.82) is 5.41 Å². The first kappa shape index (κ1) is 30.6. The Morgan fingerprint density at radius 2 is 2.00 bits per heavy atom. The van der Waals surface area contributed by atoms with E-state index in [9.17, 15) is 8.42 Å². The van der Waals surface area contributed by atoms with Crippen molar-refractivity contribution in [2.75, 3.05) is 24.2 Å². The average molecular weight is 578 g/mol. The molecule has 5 N–H and O–H groups in total. The quantitative estimate of drug-likeness (QED) is 0.193. The summed E-state index contributed by atoms with van der Waals surface area (Å²) in [5, 5.41) is 19.5. The smallest absolute Gasteiger partial charge is 0.229 e. The SMILES string of the molecule is CN/C=C(/Nc1nc(Nc2cc(C)c(C3CCNC(C)C3)cc2OC(C)C)ncc1Cl)C(=N)S(=O)(=O)C(C)C. The predicted octanol–water partition coefficient (Wildman–Crippen LogP) is 5.10. The third kappa shape index (κ3) is 7.61. The number of aromatic nitrogens is 2. The Balaban J connectivity index is 1.94. The summed E-state index contributed by atoms with van der Waals surface area (Å²) in [5.41, 5.74) is 3.14. The lowest BCUT2D eigenvalue weighted by molar-refractivity contribution is 0.243. The first-order chi connectivity index (χ1) is 18.3. The van der Waals surface area contributed by atoms with Crippen LogP contribution in [0.25, 0.3) is 0 Å². The van der Waals surface area contributed by atoms with Crippen molar-refractivity contribution in [2.45, 2.75) is 77.7 Å². The number of rotatable bonds is 10. The van der Waals surface area contributed by atoms with Crippen molar-refractivity contribution in [1.82, 2.24) is 20.6 Å². The summed E-state index contributed by atoms with van der Waals surface area (Å²) >= 11 is 6.36. The third-order valence-corrected chi connectivity index (χ3v) is 8.78. The topological polar surface area (TPSA) is 141 Å². The maximum Gasteiger partial charge on any atom is 0.229 e. The molecule has 0 bridgehead atoms. The summed E-state index contributed by atoms with van der Waals surface area (Å²) in [6.07, 6.45) is 4.88. The molecule has 214 valence electrons. The molecule has 0 aliphatic carbocycles. The number of halogens is 1. The molecule has 0 radical (unpaired) electrons. The molecule has 0 amide bonds. The second-order valence-corrected chi connectivity index (χ2v) is 13.2. The van der Waals surface area contributed by atoms with Gasteiger partial charge in [0.2, 0.25) is 5.95 Å². The Morgan fingerprint density at radius 3 is 2.62 bits per heavy atom. The van der Waals surface area contributed by atoms with Gasteiger partial charge in [0, 0.05) is 19.3 Å². The minimum atomic E-state index is -3.84. The number of sulfone groups is 1. The minimum absolute atomic E-state index is 0.0120. The number of nitrogens with one attached hydrogen (secondary N) is 5. The third-order valence-electron chi connectivity index (χ3n) is 6.48. The van der Waals surface area contributed by atoms with Crippen LogP contribution in [0.3, 0.4) is 0 Å². The van der Waals surface area contributed by atoms with Gasteiger partial charge in [-0.25, -0.2) is 13.4 Å². The van der Waals surface area contributed by atoms with Gasteiger partial charge in [0.25, 0.3) is 0 Å². The van der Waals surface area contributed by atoms with Crippen LogP contribution < -0.4 is 26.0 Å². The zero-order chi connectivity index (χ0) is 28.9. The highest BCUT2D eigenvalue weighted by Gasteiger charge is 2.27. The highest BCUT2D eigenvalue weighted by Crippen LogP contribution is 2.38. The second kappa shape index (κ2) is 13.0. The van der Waals surface area contributed by atoms with E-state index in [1.807, 2.05) is 19.9 Å². The van der Waals surface area contributed by atoms with Crippen molar-refractivity contribution in [3.63, 3.8) is 0 Å². The van der Waals surface area contributed by atoms with E-state index in [1.54, 1.807) is 7.05 Å². The lowest BCUT2D eigenvalue weighted by Gasteiger charge is -2.30. The van der Waals surface area contributed by atoms with Gasteiger partial charge in [0.15, 0.2) is 20.7 Å². The number of nitrogens with zero attached hydrogens (tertiary/aromatic N) is 2. The molecule has 1 aliphatic rings.